The summed E-state index contributed by atoms with van der Waals surface area (Å²) < 4.78 is 38.2. The molecule has 1 heterocycles. The van der Waals surface area contributed by atoms with Gasteiger partial charge in [-0.25, -0.2) is 0 Å². The van der Waals surface area contributed by atoms with Crippen molar-refractivity contribution in [1.82, 2.24) is 10.2 Å². The van der Waals surface area contributed by atoms with Crippen LogP contribution in [-0.2, 0) is 9.59 Å². The Labute approximate surface area is 153 Å². The van der Waals surface area contributed by atoms with Crippen molar-refractivity contribution in [3.05, 3.63) is 0 Å². The number of likely N-dealkylation sites (tertiary alicyclic amines) is 1. The molecule has 2 rings (SSSR count). The first-order chi connectivity index (χ1) is 12.4. The quantitative estimate of drug-likeness (QED) is 0.780. The van der Waals surface area contributed by atoms with Gasteiger partial charge in [-0.3, -0.25) is 9.59 Å². The Kier molecular flexibility index (Phi) is 8.22. The van der Waals surface area contributed by atoms with Crippen molar-refractivity contribution in [1.29, 1.82) is 0 Å². The van der Waals surface area contributed by atoms with Crippen LogP contribution in [-0.4, -0.2) is 41.5 Å². The summed E-state index contributed by atoms with van der Waals surface area (Å²) in [5.74, 6) is -2.31. The first-order valence-corrected chi connectivity index (χ1v) is 10.1. The second-order valence-electron chi connectivity index (χ2n) is 7.62. The largest absolute Gasteiger partial charge is 0.471 e. The van der Waals surface area contributed by atoms with Crippen LogP contribution in [0.2, 0.25) is 0 Å². The summed E-state index contributed by atoms with van der Waals surface area (Å²) in [4.78, 5) is 24.8. The summed E-state index contributed by atoms with van der Waals surface area (Å²) in [6, 6.07) is -0.976. The highest BCUT2D eigenvalue weighted by Gasteiger charge is 2.47. The zero-order chi connectivity index (χ0) is 19.0. The second kappa shape index (κ2) is 10.2. The van der Waals surface area contributed by atoms with E-state index >= 15 is 0 Å². The zero-order valence-electron chi connectivity index (χ0n) is 15.5. The van der Waals surface area contributed by atoms with E-state index < -0.39 is 24.0 Å². The van der Waals surface area contributed by atoms with Gasteiger partial charge in [0, 0.05) is 12.6 Å². The minimum absolute atomic E-state index is 0.00109. The first-order valence-electron chi connectivity index (χ1n) is 10.1. The van der Waals surface area contributed by atoms with Crippen molar-refractivity contribution in [3.8, 4) is 0 Å². The van der Waals surface area contributed by atoms with Gasteiger partial charge in [0.1, 0.15) is 6.04 Å². The van der Waals surface area contributed by atoms with Crippen LogP contribution < -0.4 is 5.32 Å². The molecule has 1 aliphatic carbocycles. The molecule has 1 saturated heterocycles. The van der Waals surface area contributed by atoms with E-state index in [1.54, 1.807) is 0 Å². The van der Waals surface area contributed by atoms with Gasteiger partial charge in [0.15, 0.2) is 0 Å². The molecule has 26 heavy (non-hydrogen) atoms. The molecule has 150 valence electrons. The zero-order valence-corrected chi connectivity index (χ0v) is 15.5. The maximum Gasteiger partial charge on any atom is 0.471 e. The van der Waals surface area contributed by atoms with Crippen molar-refractivity contribution < 1.29 is 22.8 Å². The number of nitrogens with one attached hydrogen (secondary N) is 1. The van der Waals surface area contributed by atoms with Gasteiger partial charge in [-0.1, -0.05) is 57.8 Å². The Morgan fingerprint density at radius 1 is 0.769 bits per heavy atom. The minimum atomic E-state index is -4.92. The van der Waals surface area contributed by atoms with Gasteiger partial charge in [0.25, 0.3) is 0 Å². The smallest absolute Gasteiger partial charge is 0.352 e. The number of nitrogens with zero attached hydrogens (tertiary/aromatic N) is 1. The fourth-order valence-corrected chi connectivity index (χ4v) is 4.05. The Hall–Kier alpha value is -1.27. The van der Waals surface area contributed by atoms with Crippen LogP contribution >= 0.6 is 0 Å². The van der Waals surface area contributed by atoms with Crippen LogP contribution in [0.4, 0.5) is 13.2 Å². The predicted octanol–water partition coefficient (Wildman–Crippen LogP) is 4.33. The average molecular weight is 376 g/mol. The van der Waals surface area contributed by atoms with Gasteiger partial charge in [-0.2, -0.15) is 13.2 Å². The molecule has 7 heteroatoms. The van der Waals surface area contributed by atoms with Crippen LogP contribution in [0.1, 0.15) is 83.5 Å². The van der Waals surface area contributed by atoms with Crippen molar-refractivity contribution in [2.75, 3.05) is 6.54 Å². The molecule has 0 radical (unpaired) electrons. The fourth-order valence-electron chi connectivity index (χ4n) is 4.05. The fraction of sp³-hybridized carbons (Fsp3) is 0.895. The van der Waals surface area contributed by atoms with Gasteiger partial charge in [-0.15, -0.1) is 0 Å². The summed E-state index contributed by atoms with van der Waals surface area (Å²) in [6.07, 6.45) is 8.10. The normalized spacial score (nSPS) is 24.6. The van der Waals surface area contributed by atoms with Gasteiger partial charge < -0.3 is 10.2 Å². The molecule has 0 aromatic carbocycles. The molecule has 1 atom stereocenters. The lowest BCUT2D eigenvalue weighted by Crippen LogP contribution is -2.52. The van der Waals surface area contributed by atoms with Crippen molar-refractivity contribution in [2.24, 2.45) is 0 Å². The van der Waals surface area contributed by atoms with E-state index in [2.05, 4.69) is 5.32 Å². The van der Waals surface area contributed by atoms with E-state index in [0.717, 1.165) is 38.5 Å². The van der Waals surface area contributed by atoms with E-state index in [1.165, 1.54) is 32.1 Å². The molecule has 1 aliphatic heterocycles. The van der Waals surface area contributed by atoms with E-state index in [-0.39, 0.29) is 12.6 Å². The van der Waals surface area contributed by atoms with Crippen LogP contribution in [0.5, 0.6) is 0 Å². The molecule has 2 fully saturated rings. The maximum atomic E-state index is 12.7. The highest BCUT2D eigenvalue weighted by atomic mass is 19.4. The molecular weight excluding hydrogens is 345 g/mol. The third-order valence-electron chi connectivity index (χ3n) is 5.51. The summed E-state index contributed by atoms with van der Waals surface area (Å²) in [5, 5.41) is 2.95. The predicted molar refractivity (Wildman–Crippen MR) is 93.5 cm³/mol. The van der Waals surface area contributed by atoms with E-state index in [1.807, 2.05) is 0 Å². The van der Waals surface area contributed by atoms with E-state index in [0.29, 0.717) is 17.7 Å². The Bertz CT molecular complexity index is 456. The van der Waals surface area contributed by atoms with Crippen molar-refractivity contribution in [3.63, 3.8) is 0 Å². The number of carbonyl (C=O) groups is 2. The third kappa shape index (κ3) is 6.47. The summed E-state index contributed by atoms with van der Waals surface area (Å²) in [5.41, 5.74) is 0. The second-order valence-corrected chi connectivity index (χ2v) is 7.62. The van der Waals surface area contributed by atoms with Gasteiger partial charge in [0.2, 0.25) is 5.91 Å². The topological polar surface area (TPSA) is 49.4 Å². The highest BCUT2D eigenvalue weighted by Crippen LogP contribution is 2.26. The van der Waals surface area contributed by atoms with Crippen LogP contribution in [0.15, 0.2) is 0 Å². The van der Waals surface area contributed by atoms with Crippen molar-refractivity contribution >= 4 is 11.8 Å². The highest BCUT2D eigenvalue weighted by molar-refractivity contribution is 5.90. The number of hydrogen-bond donors (Lipinski definition) is 1. The molecule has 0 bridgehead atoms. The van der Waals surface area contributed by atoms with Crippen LogP contribution in [0, 0.1) is 0 Å². The third-order valence-corrected chi connectivity index (χ3v) is 5.51. The SMILES string of the molecule is O=C(NC1CCCCCCCCCCC1)C1CCCN1C(=O)C(F)(F)F. The molecule has 1 saturated carbocycles. The number of halogens is 3. The molecule has 1 unspecified atom stereocenters. The Morgan fingerprint density at radius 3 is 1.77 bits per heavy atom. The van der Waals surface area contributed by atoms with Crippen LogP contribution in [0.25, 0.3) is 0 Å². The molecule has 2 amide bonds. The molecule has 1 N–H and O–H groups in total. The van der Waals surface area contributed by atoms with E-state index in [4.69, 9.17) is 0 Å². The number of amides is 2. The number of carbonyl (C=O) groups excluding carboxylic acids is 2. The van der Waals surface area contributed by atoms with Gasteiger partial charge in [-0.05, 0) is 25.7 Å². The summed E-state index contributed by atoms with van der Waals surface area (Å²) in [6.45, 7) is 0.00109. The lowest BCUT2D eigenvalue weighted by molar-refractivity contribution is -0.186. The lowest BCUT2D eigenvalue weighted by atomic mass is 9.97. The summed E-state index contributed by atoms with van der Waals surface area (Å²) >= 11 is 0. The van der Waals surface area contributed by atoms with Crippen molar-refractivity contribution in [2.45, 2.75) is 102 Å². The lowest BCUT2D eigenvalue weighted by Gasteiger charge is -2.27. The van der Waals surface area contributed by atoms with Gasteiger partial charge >= 0.3 is 12.1 Å². The first kappa shape index (κ1) is 21.0. The molecular formula is C19H31F3N2O2. The molecule has 2 aliphatic rings. The number of hydrogen-bond acceptors (Lipinski definition) is 2. The molecule has 4 nitrogen and oxygen atoms in total. The van der Waals surface area contributed by atoms with E-state index in [9.17, 15) is 22.8 Å². The Balaban J connectivity index is 1.91. The minimum Gasteiger partial charge on any atom is -0.352 e. The monoisotopic (exact) mass is 376 g/mol. The standard InChI is InChI=1S/C19H31F3N2O2/c20-19(21,22)18(26)24-14-10-13-16(24)17(25)23-15-11-8-6-4-2-1-3-5-7-9-12-15/h15-16H,1-14H2,(H,23,25). The molecule has 0 spiro atoms. The maximum absolute atomic E-state index is 12.7. The van der Waals surface area contributed by atoms with Crippen LogP contribution in [0.3, 0.4) is 0 Å². The summed E-state index contributed by atoms with van der Waals surface area (Å²) in [7, 11) is 0. The number of rotatable bonds is 2. The molecule has 0 aromatic heterocycles. The molecule has 0 aromatic rings. The average Bonchev–Trinajstić information content (AvgIpc) is 3.05. The Morgan fingerprint density at radius 2 is 1.27 bits per heavy atom. The van der Waals surface area contributed by atoms with Gasteiger partial charge in [0.05, 0.1) is 0 Å². The number of alkyl halides is 3.